The lowest BCUT2D eigenvalue weighted by atomic mass is 10.5. The number of aromatic amines is 1. The molecule has 0 aromatic carbocycles. The average molecular weight is 198 g/mol. The lowest BCUT2D eigenvalue weighted by Gasteiger charge is -1.77. The Bertz CT molecular complexity index is 595. The normalized spacial score (nSPS) is 6.50. The number of H-pyrrole nitrogens is 1. The number of aromatic nitrogens is 4. The van der Waals surface area contributed by atoms with Crippen molar-refractivity contribution in [3.8, 4) is 48.0 Å². The van der Waals surface area contributed by atoms with E-state index in [9.17, 15) is 0 Å². The van der Waals surface area contributed by atoms with Crippen LogP contribution in [0.4, 0.5) is 0 Å². The summed E-state index contributed by atoms with van der Waals surface area (Å²) in [6.07, 6.45) is 4.87. The SMILES string of the molecule is C#CC#CC#CC#Cn1[nH]nnc1=S. The van der Waals surface area contributed by atoms with E-state index < -0.39 is 0 Å². The molecular formula is C9H2N4S. The highest BCUT2D eigenvalue weighted by molar-refractivity contribution is 7.71. The third-order valence-corrected chi connectivity index (χ3v) is 1.23. The number of nitrogens with one attached hydrogen (secondary N) is 1. The van der Waals surface area contributed by atoms with Crippen LogP contribution in [0.2, 0.25) is 0 Å². The molecule has 0 radical (unpaired) electrons. The maximum Gasteiger partial charge on any atom is 0.250 e. The predicted octanol–water partition coefficient (Wildman–Crippen LogP) is -0.215. The van der Waals surface area contributed by atoms with Gasteiger partial charge in [0.05, 0.1) is 6.04 Å². The number of hydrogen-bond donors (Lipinski definition) is 1. The van der Waals surface area contributed by atoms with E-state index in [-0.39, 0.29) is 4.77 Å². The molecule has 0 spiro atoms. The molecule has 4 nitrogen and oxygen atoms in total. The van der Waals surface area contributed by atoms with Crippen molar-refractivity contribution in [1.82, 2.24) is 20.2 Å². The summed E-state index contributed by atoms with van der Waals surface area (Å²) in [5.41, 5.74) is 0. The van der Waals surface area contributed by atoms with E-state index >= 15 is 0 Å². The minimum Gasteiger partial charge on any atom is -0.185 e. The van der Waals surface area contributed by atoms with Crippen LogP contribution in [0.3, 0.4) is 0 Å². The molecule has 14 heavy (non-hydrogen) atoms. The number of nitrogens with zero attached hydrogens (tertiary/aromatic N) is 3. The van der Waals surface area contributed by atoms with Crippen molar-refractivity contribution in [1.29, 1.82) is 0 Å². The summed E-state index contributed by atoms with van der Waals surface area (Å²) >= 11 is 4.76. The summed E-state index contributed by atoms with van der Waals surface area (Å²) in [5, 5.41) is 9.39. The minimum atomic E-state index is 0.244. The molecule has 0 aliphatic heterocycles. The molecule has 1 heterocycles. The molecule has 0 aliphatic carbocycles. The van der Waals surface area contributed by atoms with E-state index in [0.717, 1.165) is 0 Å². The predicted molar refractivity (Wildman–Crippen MR) is 52.8 cm³/mol. The number of tetrazole rings is 1. The Labute approximate surface area is 85.7 Å². The molecule has 64 valence electrons. The molecule has 0 unspecified atom stereocenters. The van der Waals surface area contributed by atoms with Gasteiger partial charge in [0, 0.05) is 17.8 Å². The lowest BCUT2D eigenvalue weighted by Crippen LogP contribution is -1.90. The smallest absolute Gasteiger partial charge is 0.185 e. The molecule has 0 fully saturated rings. The molecule has 0 amide bonds. The first-order chi connectivity index (χ1) is 6.84. The quantitative estimate of drug-likeness (QED) is 0.463. The number of terminal acetylenes is 1. The standard InChI is InChI=1S/C9H2N4S/c1-2-3-4-5-6-7-8-13-9(14)10-11-12-13/h1H,(H,10,12,14). The van der Waals surface area contributed by atoms with Gasteiger partial charge in [-0.1, -0.05) is 5.10 Å². The van der Waals surface area contributed by atoms with Gasteiger partial charge in [-0.05, 0) is 35.2 Å². The van der Waals surface area contributed by atoms with Gasteiger partial charge in [-0.3, -0.25) is 0 Å². The molecule has 0 saturated heterocycles. The monoisotopic (exact) mass is 198 g/mol. The highest BCUT2D eigenvalue weighted by atomic mass is 32.1. The molecule has 1 aromatic heterocycles. The van der Waals surface area contributed by atoms with Crippen molar-refractivity contribution in [2.45, 2.75) is 0 Å². The van der Waals surface area contributed by atoms with Crippen LogP contribution in [-0.4, -0.2) is 20.2 Å². The highest BCUT2D eigenvalue weighted by Gasteiger charge is 1.85. The summed E-state index contributed by atoms with van der Waals surface area (Å²) in [7, 11) is 0. The van der Waals surface area contributed by atoms with Crippen LogP contribution >= 0.6 is 12.2 Å². The summed E-state index contributed by atoms with van der Waals surface area (Å²) in [6, 6.07) is 2.56. The van der Waals surface area contributed by atoms with Crippen LogP contribution in [0.15, 0.2) is 0 Å². The number of rotatable bonds is 0. The Kier molecular flexibility index (Phi) is 3.59. The fourth-order valence-corrected chi connectivity index (χ4v) is 0.611. The van der Waals surface area contributed by atoms with Gasteiger partial charge < -0.3 is 0 Å². The van der Waals surface area contributed by atoms with E-state index in [4.69, 9.17) is 18.6 Å². The second-order valence-electron chi connectivity index (χ2n) is 1.80. The first-order valence-electron chi connectivity index (χ1n) is 3.31. The van der Waals surface area contributed by atoms with Crippen LogP contribution in [0, 0.1) is 52.8 Å². The third kappa shape index (κ3) is 2.88. The summed E-state index contributed by atoms with van der Waals surface area (Å²) in [4.78, 5) is 0. The molecule has 5 heteroatoms. The van der Waals surface area contributed by atoms with Gasteiger partial charge in [-0.15, -0.1) is 6.42 Å². The fourth-order valence-electron chi connectivity index (χ4n) is 0.484. The van der Waals surface area contributed by atoms with Gasteiger partial charge in [0.25, 0.3) is 4.77 Å². The van der Waals surface area contributed by atoms with E-state index in [1.165, 1.54) is 4.68 Å². The second kappa shape index (κ2) is 5.22. The fraction of sp³-hybridized carbons (Fsp3) is 0. The van der Waals surface area contributed by atoms with Crippen LogP contribution in [0.5, 0.6) is 0 Å². The Balaban J connectivity index is 2.75. The highest BCUT2D eigenvalue weighted by Crippen LogP contribution is 1.75. The van der Waals surface area contributed by atoms with Crippen LogP contribution < -0.4 is 0 Å². The molecule has 0 atom stereocenters. The first-order valence-corrected chi connectivity index (χ1v) is 3.72. The zero-order chi connectivity index (χ0) is 10.2. The van der Waals surface area contributed by atoms with Crippen molar-refractivity contribution in [2.24, 2.45) is 0 Å². The zero-order valence-corrected chi connectivity index (χ0v) is 7.64. The van der Waals surface area contributed by atoms with Crippen molar-refractivity contribution in [3.05, 3.63) is 4.77 Å². The Morgan fingerprint density at radius 2 is 1.93 bits per heavy atom. The van der Waals surface area contributed by atoms with E-state index in [1.54, 1.807) is 0 Å². The van der Waals surface area contributed by atoms with Gasteiger partial charge in [-0.2, -0.15) is 9.90 Å². The lowest BCUT2D eigenvalue weighted by molar-refractivity contribution is 0.806. The molecule has 0 aliphatic rings. The largest absolute Gasteiger partial charge is 0.250 e. The summed E-state index contributed by atoms with van der Waals surface area (Å²) in [5.74, 6) is 14.2. The molecule has 0 saturated carbocycles. The van der Waals surface area contributed by atoms with E-state index in [1.807, 2.05) is 0 Å². The summed E-state index contributed by atoms with van der Waals surface area (Å²) < 4.78 is 1.51. The van der Waals surface area contributed by atoms with Crippen LogP contribution in [0.25, 0.3) is 0 Å². The molecular weight excluding hydrogens is 196 g/mol. The molecule has 1 aromatic rings. The molecule has 1 rings (SSSR count). The zero-order valence-electron chi connectivity index (χ0n) is 6.83. The van der Waals surface area contributed by atoms with Gasteiger partial charge in [0.1, 0.15) is 0 Å². The Morgan fingerprint density at radius 3 is 2.57 bits per heavy atom. The second-order valence-corrected chi connectivity index (χ2v) is 2.16. The molecule has 0 bridgehead atoms. The number of hydrogen-bond acceptors (Lipinski definition) is 3. The van der Waals surface area contributed by atoms with Gasteiger partial charge >= 0.3 is 0 Å². The van der Waals surface area contributed by atoms with Gasteiger partial charge in [-0.25, -0.2) is 0 Å². The van der Waals surface area contributed by atoms with E-state index in [0.29, 0.717) is 0 Å². The topological polar surface area (TPSA) is 46.5 Å². The van der Waals surface area contributed by atoms with Crippen molar-refractivity contribution in [2.75, 3.05) is 0 Å². The Hall–Kier alpha value is -2.47. The first kappa shape index (κ1) is 9.62. The van der Waals surface area contributed by atoms with Gasteiger partial charge in [0.2, 0.25) is 0 Å². The van der Waals surface area contributed by atoms with E-state index in [2.05, 4.69) is 57.1 Å². The van der Waals surface area contributed by atoms with Crippen LogP contribution in [-0.2, 0) is 0 Å². The minimum absolute atomic E-state index is 0.244. The van der Waals surface area contributed by atoms with Crippen molar-refractivity contribution >= 4 is 12.2 Å². The molecule has 1 N–H and O–H groups in total. The van der Waals surface area contributed by atoms with Crippen LogP contribution in [0.1, 0.15) is 0 Å². The third-order valence-electron chi connectivity index (χ3n) is 0.961. The maximum absolute atomic E-state index is 4.87. The summed E-state index contributed by atoms with van der Waals surface area (Å²) in [6.45, 7) is 0. The Morgan fingerprint density at radius 1 is 1.21 bits per heavy atom. The average Bonchev–Trinajstić information content (AvgIpc) is 2.58. The maximum atomic E-state index is 4.87. The van der Waals surface area contributed by atoms with Crippen molar-refractivity contribution < 1.29 is 0 Å². The van der Waals surface area contributed by atoms with Crippen molar-refractivity contribution in [3.63, 3.8) is 0 Å². The van der Waals surface area contributed by atoms with Gasteiger partial charge in [0.15, 0.2) is 0 Å².